The van der Waals surface area contributed by atoms with Gasteiger partial charge in [-0.15, -0.1) is 0 Å². The minimum Gasteiger partial charge on any atom is -0.449 e. The Bertz CT molecular complexity index is 715. The lowest BCUT2D eigenvalue weighted by Gasteiger charge is -2.09. The van der Waals surface area contributed by atoms with Gasteiger partial charge in [-0.3, -0.25) is 0 Å². The van der Waals surface area contributed by atoms with Crippen LogP contribution in [0.15, 0.2) is 53.6 Å². The predicted molar refractivity (Wildman–Crippen MR) is 106 cm³/mol. The highest BCUT2D eigenvalue weighted by Crippen LogP contribution is 2.17. The molecular weight excluding hydrogens is 356 g/mol. The van der Waals surface area contributed by atoms with E-state index in [4.69, 9.17) is 16.3 Å². The predicted octanol–water partition coefficient (Wildman–Crippen LogP) is 5.09. The summed E-state index contributed by atoms with van der Waals surface area (Å²) in [6.45, 7) is 4.18. The van der Waals surface area contributed by atoms with Gasteiger partial charge in [-0.25, -0.2) is 10.2 Å². The zero-order chi connectivity index (χ0) is 18.1. The number of amides is 1. The van der Waals surface area contributed by atoms with Crippen LogP contribution in [0.2, 0.25) is 5.02 Å². The van der Waals surface area contributed by atoms with Crippen LogP contribution in [0.5, 0.6) is 0 Å². The minimum atomic E-state index is -0.579. The van der Waals surface area contributed by atoms with E-state index in [0.29, 0.717) is 17.3 Å². The SMILES string of the molecule is CCOC(=O)NN=C(c1ccc(Cl)cc1)c1ccc(CSCC)cc1. The minimum absolute atomic E-state index is 0.293. The van der Waals surface area contributed by atoms with E-state index >= 15 is 0 Å². The van der Waals surface area contributed by atoms with E-state index in [2.05, 4.69) is 29.6 Å². The molecule has 25 heavy (non-hydrogen) atoms. The van der Waals surface area contributed by atoms with Crippen molar-refractivity contribution in [1.82, 2.24) is 5.43 Å². The van der Waals surface area contributed by atoms with Crippen LogP contribution in [-0.2, 0) is 10.5 Å². The molecule has 0 unspecified atom stereocenters. The van der Waals surface area contributed by atoms with Gasteiger partial charge in [-0.05, 0) is 30.4 Å². The van der Waals surface area contributed by atoms with Crippen LogP contribution in [0.25, 0.3) is 0 Å². The Hall–Kier alpha value is -1.98. The zero-order valence-electron chi connectivity index (χ0n) is 14.3. The van der Waals surface area contributed by atoms with Crippen LogP contribution in [0.1, 0.15) is 30.5 Å². The fourth-order valence-electron chi connectivity index (χ4n) is 2.15. The molecule has 2 aromatic carbocycles. The molecule has 6 heteroatoms. The number of benzene rings is 2. The fourth-order valence-corrected chi connectivity index (χ4v) is 2.91. The monoisotopic (exact) mass is 376 g/mol. The summed E-state index contributed by atoms with van der Waals surface area (Å²) in [4.78, 5) is 11.6. The van der Waals surface area contributed by atoms with Crippen LogP contribution >= 0.6 is 23.4 Å². The van der Waals surface area contributed by atoms with Crippen LogP contribution in [0.4, 0.5) is 4.79 Å². The van der Waals surface area contributed by atoms with E-state index in [1.54, 1.807) is 19.1 Å². The summed E-state index contributed by atoms with van der Waals surface area (Å²) in [5, 5.41) is 4.89. The highest BCUT2D eigenvalue weighted by atomic mass is 35.5. The largest absolute Gasteiger partial charge is 0.449 e. The third-order valence-corrected chi connectivity index (χ3v) is 4.55. The van der Waals surface area contributed by atoms with Gasteiger partial charge in [0.05, 0.1) is 12.3 Å². The van der Waals surface area contributed by atoms with E-state index in [1.807, 2.05) is 36.0 Å². The normalized spacial score (nSPS) is 11.2. The van der Waals surface area contributed by atoms with Gasteiger partial charge >= 0.3 is 6.09 Å². The van der Waals surface area contributed by atoms with E-state index in [9.17, 15) is 4.79 Å². The highest BCUT2D eigenvalue weighted by molar-refractivity contribution is 7.98. The fraction of sp³-hybridized carbons (Fsp3) is 0.263. The smallest absolute Gasteiger partial charge is 0.427 e. The number of hydrogen-bond donors (Lipinski definition) is 1. The first kappa shape index (κ1) is 19.3. The number of hydrazone groups is 1. The van der Waals surface area contributed by atoms with Gasteiger partial charge in [-0.2, -0.15) is 16.9 Å². The number of hydrogen-bond acceptors (Lipinski definition) is 4. The average Bonchev–Trinajstić information content (AvgIpc) is 2.63. The van der Waals surface area contributed by atoms with Gasteiger partial charge in [0.1, 0.15) is 0 Å². The number of rotatable bonds is 7. The number of ether oxygens (including phenoxy) is 1. The van der Waals surface area contributed by atoms with Gasteiger partial charge in [0, 0.05) is 21.9 Å². The summed E-state index contributed by atoms with van der Waals surface area (Å²) < 4.78 is 4.87. The van der Waals surface area contributed by atoms with E-state index in [-0.39, 0.29) is 0 Å². The molecule has 0 bridgehead atoms. The van der Waals surface area contributed by atoms with E-state index in [0.717, 1.165) is 22.6 Å². The molecule has 132 valence electrons. The van der Waals surface area contributed by atoms with Crippen molar-refractivity contribution in [2.24, 2.45) is 5.10 Å². The Balaban J connectivity index is 2.28. The number of carbonyl (C=O) groups excluding carboxylic acids is 1. The van der Waals surface area contributed by atoms with Crippen LogP contribution < -0.4 is 5.43 Å². The topological polar surface area (TPSA) is 50.7 Å². The van der Waals surface area contributed by atoms with Crippen molar-refractivity contribution >= 4 is 35.2 Å². The molecule has 1 N–H and O–H groups in total. The Kier molecular flexibility index (Phi) is 7.82. The molecular formula is C19H21ClN2O2S. The lowest BCUT2D eigenvalue weighted by Crippen LogP contribution is -2.21. The second-order valence-corrected chi connectivity index (χ2v) is 6.84. The quantitative estimate of drug-likeness (QED) is 0.540. The maximum atomic E-state index is 11.6. The molecule has 4 nitrogen and oxygen atoms in total. The second kappa shape index (κ2) is 10.1. The molecule has 0 heterocycles. The molecule has 2 rings (SSSR count). The van der Waals surface area contributed by atoms with Crippen molar-refractivity contribution in [3.8, 4) is 0 Å². The number of nitrogens with zero attached hydrogens (tertiary/aromatic N) is 1. The first-order chi connectivity index (χ1) is 12.1. The molecule has 0 aliphatic heterocycles. The maximum Gasteiger partial charge on any atom is 0.427 e. The zero-order valence-corrected chi connectivity index (χ0v) is 15.9. The summed E-state index contributed by atoms with van der Waals surface area (Å²) >= 11 is 7.84. The van der Waals surface area contributed by atoms with E-state index in [1.165, 1.54) is 5.56 Å². The summed E-state index contributed by atoms with van der Waals surface area (Å²) in [6.07, 6.45) is -0.579. The molecule has 0 radical (unpaired) electrons. The van der Waals surface area contributed by atoms with Crippen molar-refractivity contribution in [3.63, 3.8) is 0 Å². The number of halogens is 1. The molecule has 0 atom stereocenters. The standard InChI is InChI=1S/C19H21ClN2O2S/c1-3-24-19(23)22-21-18(16-9-11-17(20)12-10-16)15-7-5-14(6-8-15)13-25-4-2/h5-12H,3-4,13H2,1-2H3,(H,22,23). The van der Waals surface area contributed by atoms with E-state index < -0.39 is 6.09 Å². The first-order valence-electron chi connectivity index (χ1n) is 8.07. The van der Waals surface area contributed by atoms with Crippen molar-refractivity contribution in [3.05, 3.63) is 70.2 Å². The summed E-state index contributed by atoms with van der Waals surface area (Å²) in [7, 11) is 0. The highest BCUT2D eigenvalue weighted by Gasteiger charge is 2.09. The maximum absolute atomic E-state index is 11.6. The Morgan fingerprint density at radius 3 is 2.24 bits per heavy atom. The Morgan fingerprint density at radius 1 is 1.08 bits per heavy atom. The molecule has 0 fully saturated rings. The van der Waals surface area contributed by atoms with Crippen LogP contribution in [-0.4, -0.2) is 24.2 Å². The third-order valence-electron chi connectivity index (χ3n) is 3.35. The van der Waals surface area contributed by atoms with Gasteiger partial charge in [-0.1, -0.05) is 54.9 Å². The molecule has 1 amide bonds. The van der Waals surface area contributed by atoms with Crippen molar-refractivity contribution in [2.45, 2.75) is 19.6 Å². The lowest BCUT2D eigenvalue weighted by molar-refractivity contribution is 0.152. The first-order valence-corrected chi connectivity index (χ1v) is 9.60. The van der Waals surface area contributed by atoms with Gasteiger partial charge in [0.25, 0.3) is 0 Å². The second-order valence-electron chi connectivity index (χ2n) is 5.13. The van der Waals surface area contributed by atoms with Crippen LogP contribution in [0, 0.1) is 0 Å². The molecule has 0 saturated heterocycles. The summed E-state index contributed by atoms with van der Waals surface area (Å²) in [6, 6.07) is 15.5. The molecule has 0 aromatic heterocycles. The molecule has 0 aliphatic carbocycles. The lowest BCUT2D eigenvalue weighted by atomic mass is 10.0. The van der Waals surface area contributed by atoms with Gasteiger partial charge in [0.15, 0.2) is 0 Å². The van der Waals surface area contributed by atoms with Crippen molar-refractivity contribution < 1.29 is 9.53 Å². The summed E-state index contributed by atoms with van der Waals surface area (Å²) in [5.74, 6) is 2.06. The number of carbonyl (C=O) groups is 1. The average molecular weight is 377 g/mol. The van der Waals surface area contributed by atoms with Crippen molar-refractivity contribution in [2.75, 3.05) is 12.4 Å². The Morgan fingerprint density at radius 2 is 1.68 bits per heavy atom. The molecule has 0 aliphatic rings. The summed E-state index contributed by atoms with van der Waals surface area (Å²) in [5.41, 5.74) is 6.11. The third kappa shape index (κ3) is 6.11. The van der Waals surface area contributed by atoms with Gasteiger partial charge < -0.3 is 4.74 Å². The Labute approximate surface area is 157 Å². The van der Waals surface area contributed by atoms with Gasteiger partial charge in [0.2, 0.25) is 0 Å². The number of thioether (sulfide) groups is 1. The molecule has 0 saturated carbocycles. The number of nitrogens with one attached hydrogen (secondary N) is 1. The van der Waals surface area contributed by atoms with Crippen molar-refractivity contribution in [1.29, 1.82) is 0 Å². The molecule has 0 spiro atoms. The molecule has 2 aromatic rings. The van der Waals surface area contributed by atoms with Crippen LogP contribution in [0.3, 0.4) is 0 Å².